The lowest BCUT2D eigenvalue weighted by Gasteiger charge is -2.53. The van der Waals surface area contributed by atoms with Gasteiger partial charge in [-0.2, -0.15) is 0 Å². The number of nitrogens with zero attached hydrogens (tertiary/aromatic N) is 1. The minimum atomic E-state index is 0.532. The van der Waals surface area contributed by atoms with Crippen molar-refractivity contribution in [2.75, 3.05) is 26.7 Å². The van der Waals surface area contributed by atoms with E-state index in [4.69, 9.17) is 0 Å². The molecule has 16 heavy (non-hydrogen) atoms. The molecule has 0 amide bonds. The van der Waals surface area contributed by atoms with Gasteiger partial charge in [0, 0.05) is 19.3 Å². The van der Waals surface area contributed by atoms with Gasteiger partial charge in [-0.3, -0.25) is 0 Å². The van der Waals surface area contributed by atoms with Gasteiger partial charge in [0.25, 0.3) is 0 Å². The Labute approximate surface area is 102 Å². The van der Waals surface area contributed by atoms with Crippen molar-refractivity contribution in [3.8, 4) is 0 Å². The highest BCUT2D eigenvalue weighted by Crippen LogP contribution is 2.46. The molecular weight excluding hydrogens is 194 g/mol. The van der Waals surface area contributed by atoms with Crippen LogP contribution in [0.1, 0.15) is 59.3 Å². The van der Waals surface area contributed by atoms with E-state index in [9.17, 15) is 0 Å². The van der Waals surface area contributed by atoms with Gasteiger partial charge in [0.2, 0.25) is 0 Å². The third-order valence-electron chi connectivity index (χ3n) is 5.18. The zero-order valence-electron chi connectivity index (χ0n) is 11.8. The fourth-order valence-electron chi connectivity index (χ4n) is 3.60. The lowest BCUT2D eigenvalue weighted by molar-refractivity contribution is -0.927. The Hall–Kier alpha value is -0.0400. The average Bonchev–Trinajstić information content (AvgIpc) is 2.18. The topological polar surface area (TPSA) is 0 Å². The van der Waals surface area contributed by atoms with Crippen molar-refractivity contribution in [1.82, 2.24) is 0 Å². The molecule has 0 N–H and O–H groups in total. The largest absolute Gasteiger partial charge is 0.326 e. The highest BCUT2D eigenvalue weighted by atomic mass is 15.3. The van der Waals surface area contributed by atoms with Crippen LogP contribution < -0.4 is 0 Å². The molecular formula is C15H30N+. The summed E-state index contributed by atoms with van der Waals surface area (Å²) in [7, 11) is 2.46. The summed E-state index contributed by atoms with van der Waals surface area (Å²) in [5, 5.41) is 0. The average molecular weight is 224 g/mol. The fourth-order valence-corrected chi connectivity index (χ4v) is 3.60. The summed E-state index contributed by atoms with van der Waals surface area (Å²) in [6.45, 7) is 11.5. The van der Waals surface area contributed by atoms with Crippen molar-refractivity contribution in [2.45, 2.75) is 59.3 Å². The minimum Gasteiger partial charge on any atom is -0.326 e. The summed E-state index contributed by atoms with van der Waals surface area (Å²) in [5.74, 6) is 0. The molecule has 0 atom stereocenters. The van der Waals surface area contributed by atoms with E-state index in [1.807, 2.05) is 0 Å². The Bertz CT molecular complexity index is 224. The van der Waals surface area contributed by atoms with Crippen LogP contribution in [0, 0.1) is 10.8 Å². The highest BCUT2D eigenvalue weighted by Gasteiger charge is 2.46. The molecule has 3 heterocycles. The molecule has 94 valence electrons. The first kappa shape index (κ1) is 12.4. The van der Waals surface area contributed by atoms with Crippen molar-refractivity contribution in [1.29, 1.82) is 0 Å². The molecule has 3 saturated heterocycles. The van der Waals surface area contributed by atoms with Gasteiger partial charge < -0.3 is 4.48 Å². The van der Waals surface area contributed by atoms with Crippen LogP contribution in [0.5, 0.6) is 0 Å². The number of hydrogen-bond acceptors (Lipinski definition) is 0. The predicted molar refractivity (Wildman–Crippen MR) is 70.4 cm³/mol. The van der Waals surface area contributed by atoms with Crippen molar-refractivity contribution in [2.24, 2.45) is 10.8 Å². The predicted octanol–water partition coefficient (Wildman–Crippen LogP) is 3.83. The van der Waals surface area contributed by atoms with Crippen LogP contribution in [-0.2, 0) is 0 Å². The minimum absolute atomic E-state index is 0.532. The number of hydrogen-bond donors (Lipinski definition) is 0. The van der Waals surface area contributed by atoms with E-state index in [1.165, 1.54) is 62.6 Å². The monoisotopic (exact) mass is 224 g/mol. The second-order valence-electron chi connectivity index (χ2n) is 7.95. The molecule has 1 heteroatoms. The molecule has 3 aliphatic heterocycles. The number of piperidine rings is 3. The van der Waals surface area contributed by atoms with Gasteiger partial charge in [-0.05, 0) is 23.7 Å². The molecule has 0 aromatic rings. The van der Waals surface area contributed by atoms with E-state index < -0.39 is 0 Å². The maximum absolute atomic E-state index is 2.46. The van der Waals surface area contributed by atoms with Crippen LogP contribution >= 0.6 is 0 Å². The second-order valence-corrected chi connectivity index (χ2v) is 7.95. The van der Waals surface area contributed by atoms with Crippen LogP contribution in [0.25, 0.3) is 0 Å². The number of rotatable bonds is 3. The molecule has 0 aromatic heterocycles. The summed E-state index contributed by atoms with van der Waals surface area (Å²) >= 11 is 0. The van der Waals surface area contributed by atoms with Gasteiger partial charge in [0.1, 0.15) is 0 Å². The lowest BCUT2D eigenvalue weighted by Crippen LogP contribution is -2.59. The molecule has 0 aliphatic carbocycles. The quantitative estimate of drug-likeness (QED) is 0.639. The Kier molecular flexibility index (Phi) is 3.11. The van der Waals surface area contributed by atoms with E-state index in [0.29, 0.717) is 5.41 Å². The van der Waals surface area contributed by atoms with Gasteiger partial charge in [0.15, 0.2) is 0 Å². The van der Waals surface area contributed by atoms with E-state index in [1.54, 1.807) is 0 Å². The zero-order valence-corrected chi connectivity index (χ0v) is 11.8. The van der Waals surface area contributed by atoms with Gasteiger partial charge in [-0.1, -0.05) is 27.2 Å². The second kappa shape index (κ2) is 4.01. The van der Waals surface area contributed by atoms with Crippen molar-refractivity contribution >= 4 is 0 Å². The highest BCUT2D eigenvalue weighted by molar-refractivity contribution is 4.86. The molecule has 3 rings (SSSR count). The summed E-state index contributed by atoms with van der Waals surface area (Å²) in [6, 6.07) is 0. The van der Waals surface area contributed by atoms with E-state index >= 15 is 0 Å². The lowest BCUT2D eigenvalue weighted by atomic mass is 9.67. The number of fused-ring (bicyclic) bond motifs is 3. The normalized spacial score (nSPS) is 39.0. The van der Waals surface area contributed by atoms with Crippen molar-refractivity contribution < 1.29 is 4.48 Å². The SMILES string of the molecule is CC(C)(C)CCCC12CC[N+](C)(CC1)CC2. The van der Waals surface area contributed by atoms with Gasteiger partial charge in [-0.15, -0.1) is 0 Å². The molecule has 0 unspecified atom stereocenters. The smallest absolute Gasteiger partial charge is 0.0790 e. The third-order valence-corrected chi connectivity index (χ3v) is 5.18. The van der Waals surface area contributed by atoms with Crippen LogP contribution in [-0.4, -0.2) is 31.2 Å². The number of quaternary nitrogens is 1. The third kappa shape index (κ3) is 2.80. The van der Waals surface area contributed by atoms with E-state index in [0.717, 1.165) is 5.41 Å². The van der Waals surface area contributed by atoms with Gasteiger partial charge >= 0.3 is 0 Å². The van der Waals surface area contributed by atoms with Crippen molar-refractivity contribution in [3.05, 3.63) is 0 Å². The first-order chi connectivity index (χ1) is 7.33. The summed E-state index contributed by atoms with van der Waals surface area (Å²) in [5.41, 5.74) is 1.30. The van der Waals surface area contributed by atoms with E-state index in [-0.39, 0.29) is 0 Å². The summed E-state index contributed by atoms with van der Waals surface area (Å²) in [6.07, 6.45) is 8.88. The summed E-state index contributed by atoms with van der Waals surface area (Å²) in [4.78, 5) is 0. The molecule has 2 bridgehead atoms. The first-order valence-electron chi connectivity index (χ1n) is 7.16. The van der Waals surface area contributed by atoms with Crippen LogP contribution in [0.15, 0.2) is 0 Å². The van der Waals surface area contributed by atoms with Crippen LogP contribution in [0.3, 0.4) is 0 Å². The molecule has 3 aliphatic rings. The molecule has 0 radical (unpaired) electrons. The van der Waals surface area contributed by atoms with Crippen LogP contribution in [0.2, 0.25) is 0 Å². The Morgan fingerprint density at radius 2 is 1.50 bits per heavy atom. The first-order valence-corrected chi connectivity index (χ1v) is 7.16. The van der Waals surface area contributed by atoms with Crippen LogP contribution in [0.4, 0.5) is 0 Å². The molecule has 0 aromatic carbocycles. The fraction of sp³-hybridized carbons (Fsp3) is 1.00. The standard InChI is InChI=1S/C15H30N/c1-14(2,3)6-5-7-15-8-11-16(4,12-9-15)13-10-15/h5-13H2,1-4H3/q+1. The molecule has 1 nitrogen and oxygen atoms in total. The van der Waals surface area contributed by atoms with E-state index in [2.05, 4.69) is 27.8 Å². The molecule has 3 fully saturated rings. The molecule has 0 saturated carbocycles. The van der Waals surface area contributed by atoms with Crippen molar-refractivity contribution in [3.63, 3.8) is 0 Å². The summed E-state index contributed by atoms with van der Waals surface area (Å²) < 4.78 is 1.38. The maximum Gasteiger partial charge on any atom is 0.0790 e. The zero-order chi connectivity index (χ0) is 11.9. The Morgan fingerprint density at radius 3 is 1.94 bits per heavy atom. The van der Waals surface area contributed by atoms with Gasteiger partial charge in [-0.25, -0.2) is 0 Å². The Morgan fingerprint density at radius 1 is 1.00 bits per heavy atom. The Balaban J connectivity index is 1.82. The maximum atomic E-state index is 2.46. The molecule has 0 spiro atoms. The van der Waals surface area contributed by atoms with Gasteiger partial charge in [0.05, 0.1) is 26.7 Å².